The van der Waals surface area contributed by atoms with Gasteiger partial charge < -0.3 is 10.7 Å². The minimum Gasteiger partial charge on any atom is -0.366 e. The quantitative estimate of drug-likeness (QED) is 0.800. The first-order valence-electron chi connectivity index (χ1n) is 3.44. The maximum Gasteiger partial charge on any atom is 0.266 e. The molecule has 3 N–H and O–H groups in total. The van der Waals surface area contributed by atoms with Crippen LogP contribution in [-0.2, 0) is 0 Å². The van der Waals surface area contributed by atoms with E-state index < -0.39 is 29.0 Å². The number of rotatable bonds is 2. The average Bonchev–Trinajstić information content (AvgIpc) is 2.08. The van der Waals surface area contributed by atoms with Gasteiger partial charge in [-0.1, -0.05) is 0 Å². The third-order valence-electron chi connectivity index (χ3n) is 1.55. The number of carbonyl (C=O) groups is 1. The van der Waals surface area contributed by atoms with Gasteiger partial charge in [0.2, 0.25) is 0 Å². The van der Waals surface area contributed by atoms with Gasteiger partial charge in [-0.3, -0.25) is 9.59 Å². The van der Waals surface area contributed by atoms with Gasteiger partial charge in [-0.25, -0.2) is 8.78 Å². The molecule has 1 aromatic heterocycles. The molecule has 0 aliphatic rings. The van der Waals surface area contributed by atoms with E-state index in [9.17, 15) is 18.4 Å². The Hall–Kier alpha value is -0.990. The van der Waals surface area contributed by atoms with E-state index in [4.69, 9.17) is 5.73 Å². The molecule has 0 radical (unpaired) electrons. The predicted molar refractivity (Wildman–Crippen MR) is 53.3 cm³/mol. The number of nitrogens with one attached hydrogen (secondary N) is 1. The molecule has 0 fully saturated rings. The molecule has 4 nitrogen and oxygen atoms in total. The van der Waals surface area contributed by atoms with Gasteiger partial charge >= 0.3 is 0 Å². The Kier molecular flexibility index (Phi) is 3.19. The van der Waals surface area contributed by atoms with Crippen molar-refractivity contribution in [1.29, 1.82) is 0 Å². The summed E-state index contributed by atoms with van der Waals surface area (Å²) >= 11 is 1.50. The van der Waals surface area contributed by atoms with E-state index >= 15 is 0 Å². The van der Waals surface area contributed by atoms with Gasteiger partial charge in [0.25, 0.3) is 17.9 Å². The number of aromatic amines is 1. The molecule has 1 amide bonds. The second-order valence-corrected chi connectivity index (χ2v) is 3.51. The number of hydrogen-bond acceptors (Lipinski definition) is 2. The molecule has 0 bridgehead atoms. The van der Waals surface area contributed by atoms with Crippen LogP contribution in [0.5, 0.6) is 0 Å². The van der Waals surface area contributed by atoms with Gasteiger partial charge in [-0.05, 0) is 22.6 Å². The Labute approximate surface area is 90.6 Å². The molecule has 1 aromatic rings. The lowest BCUT2D eigenvalue weighted by Crippen LogP contribution is -2.23. The first-order valence-corrected chi connectivity index (χ1v) is 4.52. The number of halogens is 3. The van der Waals surface area contributed by atoms with Gasteiger partial charge in [0.1, 0.15) is 0 Å². The Bertz CT molecular complexity index is 430. The lowest BCUT2D eigenvalue weighted by molar-refractivity contribution is 0.0984. The number of pyridine rings is 1. The Morgan fingerprint density at radius 2 is 2.14 bits per heavy atom. The SMILES string of the molecule is NC(=O)c1c(C(F)F)c[nH]c(=O)c1I. The highest BCUT2D eigenvalue weighted by Crippen LogP contribution is 2.23. The number of carbonyl (C=O) groups excluding carboxylic acids is 1. The molecule has 0 saturated carbocycles. The van der Waals surface area contributed by atoms with Crippen LogP contribution in [0.25, 0.3) is 0 Å². The molecule has 0 aliphatic heterocycles. The van der Waals surface area contributed by atoms with Gasteiger partial charge in [0.15, 0.2) is 0 Å². The average molecular weight is 314 g/mol. The molecule has 7 heteroatoms. The van der Waals surface area contributed by atoms with Gasteiger partial charge in [-0.2, -0.15) is 0 Å². The standard InChI is InChI=1S/C7H5F2IN2O2/c8-5(9)2-1-12-7(14)4(10)3(2)6(11)13/h1,5H,(H2,11,13)(H,12,14). The zero-order valence-electron chi connectivity index (χ0n) is 6.68. The van der Waals surface area contributed by atoms with Crippen molar-refractivity contribution >= 4 is 28.5 Å². The number of aromatic nitrogens is 1. The summed E-state index contributed by atoms with van der Waals surface area (Å²) < 4.78 is 24.6. The second kappa shape index (κ2) is 4.03. The van der Waals surface area contributed by atoms with Gasteiger partial charge in [0, 0.05) is 11.8 Å². The van der Waals surface area contributed by atoms with Gasteiger partial charge in [-0.15, -0.1) is 0 Å². The third kappa shape index (κ3) is 1.91. The van der Waals surface area contributed by atoms with Crippen LogP contribution in [0, 0.1) is 3.57 Å². The highest BCUT2D eigenvalue weighted by Gasteiger charge is 2.21. The molecule has 14 heavy (non-hydrogen) atoms. The van der Waals surface area contributed by atoms with E-state index in [0.717, 1.165) is 6.20 Å². The number of primary amides is 1. The number of amides is 1. The van der Waals surface area contributed by atoms with Crippen LogP contribution in [-0.4, -0.2) is 10.9 Å². The van der Waals surface area contributed by atoms with E-state index in [-0.39, 0.29) is 3.57 Å². The fourth-order valence-corrected chi connectivity index (χ4v) is 1.67. The van der Waals surface area contributed by atoms with Crippen LogP contribution in [0.4, 0.5) is 8.78 Å². The Morgan fingerprint density at radius 3 is 2.57 bits per heavy atom. The van der Waals surface area contributed by atoms with Crippen LogP contribution in [0.1, 0.15) is 22.3 Å². The zero-order chi connectivity index (χ0) is 10.9. The highest BCUT2D eigenvalue weighted by molar-refractivity contribution is 14.1. The zero-order valence-corrected chi connectivity index (χ0v) is 8.84. The summed E-state index contributed by atoms with van der Waals surface area (Å²) in [5, 5.41) is 0. The van der Waals surface area contributed by atoms with E-state index in [0.29, 0.717) is 0 Å². The fraction of sp³-hybridized carbons (Fsp3) is 0.143. The van der Waals surface area contributed by atoms with Crippen LogP contribution >= 0.6 is 22.6 Å². The van der Waals surface area contributed by atoms with Crippen LogP contribution in [0.2, 0.25) is 0 Å². The first kappa shape index (κ1) is 11.1. The van der Waals surface area contributed by atoms with Gasteiger partial charge in [0.05, 0.1) is 9.13 Å². The van der Waals surface area contributed by atoms with Crippen molar-refractivity contribution in [3.05, 3.63) is 31.2 Å². The lowest BCUT2D eigenvalue weighted by Gasteiger charge is -2.06. The molecular weight excluding hydrogens is 309 g/mol. The van der Waals surface area contributed by atoms with Crippen molar-refractivity contribution in [3.63, 3.8) is 0 Å². The fourth-order valence-electron chi connectivity index (χ4n) is 0.942. The summed E-state index contributed by atoms with van der Waals surface area (Å²) in [6.07, 6.45) is -2.04. The third-order valence-corrected chi connectivity index (χ3v) is 2.58. The summed E-state index contributed by atoms with van der Waals surface area (Å²) in [6, 6.07) is 0. The molecule has 1 heterocycles. The second-order valence-electron chi connectivity index (χ2n) is 2.43. The number of hydrogen-bond donors (Lipinski definition) is 2. The highest BCUT2D eigenvalue weighted by atomic mass is 127. The van der Waals surface area contributed by atoms with Crippen LogP contribution in [0.3, 0.4) is 0 Å². The van der Waals surface area contributed by atoms with Crippen molar-refractivity contribution < 1.29 is 13.6 Å². The van der Waals surface area contributed by atoms with Crippen molar-refractivity contribution in [2.45, 2.75) is 6.43 Å². The van der Waals surface area contributed by atoms with E-state index in [1.54, 1.807) is 0 Å². The Morgan fingerprint density at radius 1 is 1.57 bits per heavy atom. The maximum absolute atomic E-state index is 12.4. The molecule has 0 aromatic carbocycles. The molecular formula is C7H5F2IN2O2. The normalized spacial score (nSPS) is 10.6. The van der Waals surface area contributed by atoms with E-state index in [1.807, 2.05) is 0 Å². The first-order chi connectivity index (χ1) is 6.45. The summed E-state index contributed by atoms with van der Waals surface area (Å²) in [5.74, 6) is -1.03. The number of alkyl halides is 2. The van der Waals surface area contributed by atoms with E-state index in [2.05, 4.69) is 4.98 Å². The van der Waals surface area contributed by atoms with Crippen LogP contribution < -0.4 is 11.3 Å². The van der Waals surface area contributed by atoms with Crippen molar-refractivity contribution in [2.24, 2.45) is 5.73 Å². The lowest BCUT2D eigenvalue weighted by atomic mass is 10.1. The number of H-pyrrole nitrogens is 1. The van der Waals surface area contributed by atoms with Crippen molar-refractivity contribution in [1.82, 2.24) is 4.98 Å². The van der Waals surface area contributed by atoms with Crippen molar-refractivity contribution in [3.8, 4) is 0 Å². The summed E-state index contributed by atoms with van der Waals surface area (Å²) in [6.45, 7) is 0. The summed E-state index contributed by atoms with van der Waals surface area (Å²) in [4.78, 5) is 23.9. The molecule has 0 spiro atoms. The monoisotopic (exact) mass is 314 g/mol. The molecule has 0 atom stereocenters. The molecule has 1 rings (SSSR count). The topological polar surface area (TPSA) is 76.0 Å². The molecule has 76 valence electrons. The minimum absolute atomic E-state index is 0.118. The minimum atomic E-state index is -2.84. The van der Waals surface area contributed by atoms with Crippen LogP contribution in [0.15, 0.2) is 11.0 Å². The summed E-state index contributed by atoms with van der Waals surface area (Å²) in [7, 11) is 0. The Balaban J connectivity index is 3.54. The molecule has 0 saturated heterocycles. The van der Waals surface area contributed by atoms with E-state index in [1.165, 1.54) is 22.6 Å². The smallest absolute Gasteiger partial charge is 0.266 e. The summed E-state index contributed by atoms with van der Waals surface area (Å²) in [5.41, 5.74) is 3.32. The predicted octanol–water partition coefficient (Wildman–Crippen LogP) is 1.02. The maximum atomic E-state index is 12.4. The molecule has 0 unspecified atom stereocenters. The van der Waals surface area contributed by atoms with Crippen molar-refractivity contribution in [2.75, 3.05) is 0 Å². The largest absolute Gasteiger partial charge is 0.366 e. The molecule has 0 aliphatic carbocycles. The number of nitrogens with two attached hydrogens (primary N) is 1.